The fraction of sp³-hybridized carbons (Fsp3) is 0.810. The summed E-state index contributed by atoms with van der Waals surface area (Å²) in [5.74, 6) is -0.000623. The number of carbonyl (C=O) groups excluding carboxylic acids is 3. The van der Waals surface area contributed by atoms with Gasteiger partial charge in [-0.2, -0.15) is 5.26 Å². The Balaban J connectivity index is 1.43. The molecule has 1 aliphatic carbocycles. The van der Waals surface area contributed by atoms with Crippen molar-refractivity contribution in [2.75, 3.05) is 19.6 Å². The third-order valence-corrected chi connectivity index (χ3v) is 7.03. The molecule has 158 valence electrons. The standard InChI is InChI=1S/C21H31N5O3/c22-13-16(12-15-5-9-23-18(15)27)25-19(28)17(11-14-3-4-14)26-10-7-21(20(26)29)6-1-2-8-24-21/h14-17,24H,1-12H2,(H,23,27)(H,25,28)/t15-,16-,17+,21-/m0/s1. The summed E-state index contributed by atoms with van der Waals surface area (Å²) in [6.45, 7) is 2.05. The molecule has 1 spiro atoms. The number of hydrogen-bond donors (Lipinski definition) is 3. The van der Waals surface area contributed by atoms with Crippen molar-refractivity contribution < 1.29 is 14.4 Å². The maximum absolute atomic E-state index is 13.3. The highest BCUT2D eigenvalue weighted by Crippen LogP contribution is 2.38. The molecule has 0 aromatic heterocycles. The van der Waals surface area contributed by atoms with Crippen LogP contribution in [0.2, 0.25) is 0 Å². The molecule has 8 nitrogen and oxygen atoms in total. The van der Waals surface area contributed by atoms with E-state index in [9.17, 15) is 19.6 Å². The minimum absolute atomic E-state index is 0.0432. The van der Waals surface area contributed by atoms with Gasteiger partial charge in [0.25, 0.3) is 0 Å². The molecule has 29 heavy (non-hydrogen) atoms. The predicted octanol–water partition coefficient (Wildman–Crippen LogP) is 0.434. The molecule has 3 amide bonds. The average Bonchev–Trinajstić information content (AvgIpc) is 3.40. The lowest BCUT2D eigenvalue weighted by atomic mass is 9.87. The SMILES string of the molecule is N#C[C@H](C[C@@H]1CCNC1=O)NC(=O)[C@@H](CC1CC1)N1CC[C@@]2(CCCCN2)C1=O. The maximum Gasteiger partial charge on any atom is 0.243 e. The summed E-state index contributed by atoms with van der Waals surface area (Å²) >= 11 is 0. The van der Waals surface area contributed by atoms with Crippen molar-refractivity contribution in [1.29, 1.82) is 5.26 Å². The summed E-state index contributed by atoms with van der Waals surface area (Å²) in [6.07, 6.45) is 7.56. The monoisotopic (exact) mass is 401 g/mol. The Hall–Kier alpha value is -2.14. The Bertz CT molecular complexity index is 708. The number of nitriles is 1. The van der Waals surface area contributed by atoms with E-state index in [1.54, 1.807) is 4.90 Å². The van der Waals surface area contributed by atoms with E-state index in [1.807, 2.05) is 0 Å². The van der Waals surface area contributed by atoms with Gasteiger partial charge in [-0.3, -0.25) is 14.4 Å². The van der Waals surface area contributed by atoms with Gasteiger partial charge in [-0.05, 0) is 57.4 Å². The van der Waals surface area contributed by atoms with Gasteiger partial charge in [-0.1, -0.05) is 12.8 Å². The van der Waals surface area contributed by atoms with Crippen LogP contribution < -0.4 is 16.0 Å². The van der Waals surface area contributed by atoms with Crippen LogP contribution in [0.25, 0.3) is 0 Å². The van der Waals surface area contributed by atoms with Crippen molar-refractivity contribution in [2.24, 2.45) is 11.8 Å². The van der Waals surface area contributed by atoms with Crippen molar-refractivity contribution in [3.63, 3.8) is 0 Å². The first-order chi connectivity index (χ1) is 14.0. The summed E-state index contributed by atoms with van der Waals surface area (Å²) in [5.41, 5.74) is -0.503. The van der Waals surface area contributed by atoms with E-state index in [2.05, 4.69) is 22.0 Å². The highest BCUT2D eigenvalue weighted by Gasteiger charge is 2.50. The van der Waals surface area contributed by atoms with Crippen LogP contribution in [0.4, 0.5) is 0 Å². The van der Waals surface area contributed by atoms with Crippen LogP contribution in [0.15, 0.2) is 0 Å². The molecule has 4 atom stereocenters. The number of nitrogens with one attached hydrogen (secondary N) is 3. The third kappa shape index (κ3) is 4.25. The lowest BCUT2D eigenvalue weighted by Crippen LogP contribution is -2.57. The second kappa shape index (κ2) is 8.31. The largest absolute Gasteiger partial charge is 0.356 e. The van der Waals surface area contributed by atoms with Crippen molar-refractivity contribution in [2.45, 2.75) is 75.4 Å². The fourth-order valence-electron chi connectivity index (χ4n) is 5.07. The predicted molar refractivity (Wildman–Crippen MR) is 105 cm³/mol. The van der Waals surface area contributed by atoms with Crippen molar-refractivity contribution in [3.05, 3.63) is 0 Å². The van der Waals surface area contributed by atoms with E-state index in [0.717, 1.165) is 45.1 Å². The molecule has 1 saturated carbocycles. The minimum atomic E-state index is -0.711. The lowest BCUT2D eigenvalue weighted by molar-refractivity contribution is -0.142. The Morgan fingerprint density at radius 3 is 2.66 bits per heavy atom. The van der Waals surface area contributed by atoms with Gasteiger partial charge in [0.05, 0.1) is 11.6 Å². The first-order valence-corrected chi connectivity index (χ1v) is 11.1. The zero-order chi connectivity index (χ0) is 20.4. The Labute approximate surface area is 171 Å². The molecule has 0 radical (unpaired) electrons. The second-order valence-electron chi connectivity index (χ2n) is 9.11. The molecular formula is C21H31N5O3. The van der Waals surface area contributed by atoms with Gasteiger partial charge in [-0.15, -0.1) is 0 Å². The number of likely N-dealkylation sites (tertiary alicyclic amines) is 1. The lowest BCUT2D eigenvalue weighted by Gasteiger charge is -2.35. The number of carbonyl (C=O) groups is 3. The number of nitrogens with zero attached hydrogens (tertiary/aromatic N) is 2. The molecule has 4 rings (SSSR count). The van der Waals surface area contributed by atoms with Crippen LogP contribution in [-0.2, 0) is 14.4 Å². The van der Waals surface area contributed by atoms with E-state index in [0.29, 0.717) is 38.3 Å². The molecule has 0 unspecified atom stereocenters. The van der Waals surface area contributed by atoms with Gasteiger partial charge >= 0.3 is 0 Å². The number of hydrogen-bond acceptors (Lipinski definition) is 5. The Kier molecular flexibility index (Phi) is 5.77. The highest BCUT2D eigenvalue weighted by molar-refractivity contribution is 5.94. The van der Waals surface area contributed by atoms with E-state index < -0.39 is 17.6 Å². The molecule has 3 heterocycles. The fourth-order valence-corrected chi connectivity index (χ4v) is 5.07. The molecule has 0 bridgehead atoms. The average molecular weight is 402 g/mol. The highest BCUT2D eigenvalue weighted by atomic mass is 16.2. The van der Waals surface area contributed by atoms with E-state index in [1.165, 1.54) is 0 Å². The second-order valence-corrected chi connectivity index (χ2v) is 9.11. The summed E-state index contributed by atoms with van der Waals surface area (Å²) < 4.78 is 0. The van der Waals surface area contributed by atoms with Gasteiger partial charge in [0.1, 0.15) is 12.1 Å². The topological polar surface area (TPSA) is 114 Å². The molecular weight excluding hydrogens is 370 g/mol. The molecule has 8 heteroatoms. The first kappa shape index (κ1) is 20.1. The number of rotatable bonds is 7. The maximum atomic E-state index is 13.3. The Morgan fingerprint density at radius 1 is 1.21 bits per heavy atom. The van der Waals surface area contributed by atoms with Crippen molar-refractivity contribution >= 4 is 17.7 Å². The third-order valence-electron chi connectivity index (χ3n) is 7.03. The molecule has 4 fully saturated rings. The first-order valence-electron chi connectivity index (χ1n) is 11.1. The van der Waals surface area contributed by atoms with Crippen molar-refractivity contribution in [1.82, 2.24) is 20.9 Å². The van der Waals surface area contributed by atoms with Crippen LogP contribution in [-0.4, -0.2) is 59.9 Å². The van der Waals surface area contributed by atoms with Crippen LogP contribution >= 0.6 is 0 Å². The van der Waals surface area contributed by atoms with Gasteiger partial charge in [0.2, 0.25) is 17.7 Å². The van der Waals surface area contributed by atoms with Gasteiger partial charge < -0.3 is 20.9 Å². The van der Waals surface area contributed by atoms with Crippen LogP contribution in [0.3, 0.4) is 0 Å². The van der Waals surface area contributed by atoms with E-state index in [4.69, 9.17) is 0 Å². The normalized spacial score (nSPS) is 31.4. The molecule has 3 N–H and O–H groups in total. The van der Waals surface area contributed by atoms with Crippen LogP contribution in [0.5, 0.6) is 0 Å². The molecule has 0 aromatic carbocycles. The zero-order valence-electron chi connectivity index (χ0n) is 16.9. The number of piperidine rings is 1. The zero-order valence-corrected chi connectivity index (χ0v) is 16.9. The van der Waals surface area contributed by atoms with Crippen LogP contribution in [0, 0.1) is 23.2 Å². The molecule has 0 aromatic rings. The quantitative estimate of drug-likeness (QED) is 0.573. The minimum Gasteiger partial charge on any atom is -0.356 e. The van der Waals surface area contributed by atoms with Gasteiger partial charge in [0.15, 0.2) is 0 Å². The van der Waals surface area contributed by atoms with Crippen molar-refractivity contribution in [3.8, 4) is 6.07 Å². The Morgan fingerprint density at radius 2 is 2.03 bits per heavy atom. The van der Waals surface area contributed by atoms with E-state index >= 15 is 0 Å². The van der Waals surface area contributed by atoms with E-state index in [-0.39, 0.29) is 23.6 Å². The summed E-state index contributed by atoms with van der Waals surface area (Å²) in [6, 6.07) is 0.903. The van der Waals surface area contributed by atoms with Gasteiger partial charge in [-0.25, -0.2) is 0 Å². The summed E-state index contributed by atoms with van der Waals surface area (Å²) in [5, 5.41) is 18.6. The van der Waals surface area contributed by atoms with Gasteiger partial charge in [0, 0.05) is 19.0 Å². The number of amides is 3. The molecule has 3 saturated heterocycles. The molecule has 4 aliphatic rings. The van der Waals surface area contributed by atoms with Crippen LogP contribution in [0.1, 0.15) is 57.8 Å². The molecule has 3 aliphatic heterocycles. The summed E-state index contributed by atoms with van der Waals surface area (Å²) in [7, 11) is 0. The summed E-state index contributed by atoms with van der Waals surface area (Å²) in [4.78, 5) is 40.0. The smallest absolute Gasteiger partial charge is 0.243 e.